The highest BCUT2D eigenvalue weighted by Gasteiger charge is 2.42. The number of amides is 1. The van der Waals surface area contributed by atoms with Crippen LogP contribution in [-0.4, -0.2) is 26.1 Å². The van der Waals surface area contributed by atoms with E-state index in [-0.39, 0.29) is 5.91 Å². The number of hydrogen-bond acceptors (Lipinski definition) is 4. The van der Waals surface area contributed by atoms with Crippen LogP contribution in [0.5, 0.6) is 0 Å². The van der Waals surface area contributed by atoms with Crippen LogP contribution in [0.2, 0.25) is 0 Å². The van der Waals surface area contributed by atoms with Crippen LogP contribution < -0.4 is 5.32 Å². The molecule has 1 aliphatic rings. The molecule has 0 bridgehead atoms. The zero-order valence-electron chi connectivity index (χ0n) is 15.0. The lowest BCUT2D eigenvalue weighted by molar-refractivity contribution is -0.121. The number of tetrazole rings is 1. The average molecular weight is 426 g/mol. The lowest BCUT2D eigenvalue weighted by atomic mass is 9.78. The number of carbonyl (C=O) groups excluding carboxylic acids is 1. The van der Waals surface area contributed by atoms with Gasteiger partial charge in [-0.05, 0) is 71.7 Å². The first-order valence-corrected chi connectivity index (χ1v) is 9.79. The van der Waals surface area contributed by atoms with E-state index in [4.69, 9.17) is 0 Å². The van der Waals surface area contributed by atoms with E-state index in [1.807, 2.05) is 37.3 Å². The Morgan fingerprint density at radius 1 is 1.15 bits per heavy atom. The highest BCUT2D eigenvalue weighted by atomic mass is 79.9. The molecule has 2 aromatic carbocycles. The Morgan fingerprint density at radius 2 is 1.89 bits per heavy atom. The van der Waals surface area contributed by atoms with Crippen LogP contribution in [-0.2, 0) is 10.2 Å². The Hall–Kier alpha value is -2.54. The van der Waals surface area contributed by atoms with Gasteiger partial charge in [0.2, 0.25) is 5.91 Å². The maximum Gasteiger partial charge on any atom is 0.235 e. The number of rotatable bonds is 4. The summed E-state index contributed by atoms with van der Waals surface area (Å²) in [4.78, 5) is 13.3. The molecule has 1 aliphatic carbocycles. The lowest BCUT2D eigenvalue weighted by Gasteiger charge is -2.28. The largest absolute Gasteiger partial charge is 0.325 e. The number of halogens is 1. The summed E-state index contributed by atoms with van der Waals surface area (Å²) in [5.41, 5.74) is 3.30. The molecule has 138 valence electrons. The van der Waals surface area contributed by atoms with E-state index in [9.17, 15) is 4.79 Å². The van der Waals surface area contributed by atoms with Gasteiger partial charge in [0.15, 0.2) is 0 Å². The van der Waals surface area contributed by atoms with Gasteiger partial charge in [0.1, 0.15) is 6.33 Å². The summed E-state index contributed by atoms with van der Waals surface area (Å²) < 4.78 is 2.63. The molecule has 0 unspecified atom stereocenters. The van der Waals surface area contributed by atoms with Gasteiger partial charge in [-0.15, -0.1) is 5.10 Å². The van der Waals surface area contributed by atoms with Crippen molar-refractivity contribution in [1.29, 1.82) is 0 Å². The summed E-state index contributed by atoms with van der Waals surface area (Å²) >= 11 is 3.48. The van der Waals surface area contributed by atoms with E-state index in [2.05, 4.69) is 48.9 Å². The van der Waals surface area contributed by atoms with Gasteiger partial charge < -0.3 is 5.32 Å². The minimum atomic E-state index is -0.455. The van der Waals surface area contributed by atoms with Crippen molar-refractivity contribution >= 4 is 27.5 Å². The third-order valence-electron chi connectivity index (χ3n) is 5.34. The van der Waals surface area contributed by atoms with Crippen LogP contribution in [0.1, 0.15) is 36.8 Å². The molecule has 1 heterocycles. The number of nitrogens with one attached hydrogen (secondary N) is 1. The van der Waals surface area contributed by atoms with E-state index in [0.29, 0.717) is 0 Å². The van der Waals surface area contributed by atoms with Gasteiger partial charge in [-0.2, -0.15) is 0 Å². The van der Waals surface area contributed by atoms with Crippen molar-refractivity contribution < 1.29 is 4.79 Å². The van der Waals surface area contributed by atoms with Crippen LogP contribution in [0, 0.1) is 6.92 Å². The first-order chi connectivity index (χ1) is 13.1. The van der Waals surface area contributed by atoms with Gasteiger partial charge >= 0.3 is 0 Å². The Morgan fingerprint density at radius 3 is 2.52 bits per heavy atom. The molecule has 1 saturated carbocycles. The van der Waals surface area contributed by atoms with E-state index in [1.54, 1.807) is 11.0 Å². The molecule has 1 fully saturated rings. The van der Waals surface area contributed by atoms with Crippen LogP contribution in [0.4, 0.5) is 5.69 Å². The molecule has 27 heavy (non-hydrogen) atoms. The number of benzene rings is 2. The van der Waals surface area contributed by atoms with E-state index in [1.165, 1.54) is 0 Å². The maximum absolute atomic E-state index is 13.3. The predicted molar refractivity (Wildman–Crippen MR) is 107 cm³/mol. The SMILES string of the molecule is Cc1cc(NC(=O)C2(c3ccc(Br)cc3)CCCC2)ccc1-n1cnnn1. The van der Waals surface area contributed by atoms with E-state index in [0.717, 1.165) is 52.7 Å². The minimum absolute atomic E-state index is 0.0666. The van der Waals surface area contributed by atoms with Crippen molar-refractivity contribution in [1.82, 2.24) is 20.2 Å². The second-order valence-electron chi connectivity index (χ2n) is 7.01. The fourth-order valence-corrected chi connectivity index (χ4v) is 4.17. The topological polar surface area (TPSA) is 72.7 Å². The molecule has 1 amide bonds. The highest BCUT2D eigenvalue weighted by Crippen LogP contribution is 2.42. The van der Waals surface area contributed by atoms with Gasteiger partial charge in [-0.3, -0.25) is 4.79 Å². The van der Waals surface area contributed by atoms with Crippen LogP contribution in [0.15, 0.2) is 53.3 Å². The first kappa shape index (κ1) is 17.9. The fourth-order valence-electron chi connectivity index (χ4n) is 3.91. The molecule has 1 N–H and O–H groups in total. The Labute approximate surface area is 166 Å². The molecular weight excluding hydrogens is 406 g/mol. The van der Waals surface area contributed by atoms with Crippen molar-refractivity contribution in [3.63, 3.8) is 0 Å². The molecule has 6 nitrogen and oxygen atoms in total. The predicted octanol–water partition coefficient (Wildman–Crippen LogP) is 4.18. The van der Waals surface area contributed by atoms with Gasteiger partial charge in [0.25, 0.3) is 0 Å². The highest BCUT2D eigenvalue weighted by molar-refractivity contribution is 9.10. The number of anilines is 1. The van der Waals surface area contributed by atoms with Gasteiger partial charge in [0, 0.05) is 10.2 Å². The molecule has 0 saturated heterocycles. The molecule has 3 aromatic rings. The van der Waals surface area contributed by atoms with Crippen molar-refractivity contribution in [3.8, 4) is 5.69 Å². The fraction of sp³-hybridized carbons (Fsp3) is 0.300. The lowest BCUT2D eigenvalue weighted by Crippen LogP contribution is -2.38. The normalized spacial score (nSPS) is 15.6. The van der Waals surface area contributed by atoms with Gasteiger partial charge in [-0.1, -0.05) is 40.9 Å². The molecule has 0 spiro atoms. The van der Waals surface area contributed by atoms with E-state index < -0.39 is 5.41 Å². The van der Waals surface area contributed by atoms with E-state index >= 15 is 0 Å². The van der Waals surface area contributed by atoms with Crippen LogP contribution >= 0.6 is 15.9 Å². The van der Waals surface area contributed by atoms with Crippen molar-refractivity contribution in [3.05, 3.63) is 64.4 Å². The zero-order chi connectivity index (χ0) is 18.9. The average Bonchev–Trinajstić information content (AvgIpc) is 3.35. The number of aryl methyl sites for hydroxylation is 1. The first-order valence-electron chi connectivity index (χ1n) is 9.00. The number of hydrogen-bond donors (Lipinski definition) is 1. The van der Waals surface area contributed by atoms with Crippen molar-refractivity contribution in [2.75, 3.05) is 5.32 Å². The maximum atomic E-state index is 13.3. The van der Waals surface area contributed by atoms with Crippen molar-refractivity contribution in [2.45, 2.75) is 38.0 Å². The third kappa shape index (κ3) is 3.39. The zero-order valence-corrected chi connectivity index (χ0v) is 16.6. The third-order valence-corrected chi connectivity index (χ3v) is 5.87. The molecular formula is C20H20BrN5O. The molecule has 7 heteroatoms. The van der Waals surface area contributed by atoms with Gasteiger partial charge in [-0.25, -0.2) is 4.68 Å². The Kier molecular flexibility index (Phi) is 4.78. The summed E-state index contributed by atoms with van der Waals surface area (Å²) in [7, 11) is 0. The number of carbonyl (C=O) groups is 1. The standard InChI is InChI=1S/C20H20BrN5O/c1-14-12-17(8-9-18(14)26-13-22-24-25-26)23-19(27)20(10-2-3-11-20)15-4-6-16(21)7-5-15/h4-9,12-13H,2-3,10-11H2,1H3,(H,23,27). The number of nitrogens with zero attached hydrogens (tertiary/aromatic N) is 4. The molecule has 4 rings (SSSR count). The Balaban J connectivity index is 1.60. The van der Waals surface area contributed by atoms with Crippen LogP contribution in [0.25, 0.3) is 5.69 Å². The van der Waals surface area contributed by atoms with Gasteiger partial charge in [0.05, 0.1) is 11.1 Å². The summed E-state index contributed by atoms with van der Waals surface area (Å²) in [6.45, 7) is 1.98. The van der Waals surface area contributed by atoms with Crippen LogP contribution in [0.3, 0.4) is 0 Å². The molecule has 0 radical (unpaired) electrons. The minimum Gasteiger partial charge on any atom is -0.325 e. The molecule has 0 atom stereocenters. The summed E-state index contributed by atoms with van der Waals surface area (Å²) in [6, 6.07) is 13.9. The second-order valence-corrected chi connectivity index (χ2v) is 7.92. The number of aromatic nitrogens is 4. The second kappa shape index (κ2) is 7.23. The van der Waals surface area contributed by atoms with Crippen molar-refractivity contribution in [2.24, 2.45) is 0 Å². The quantitative estimate of drug-likeness (QED) is 0.679. The summed E-state index contributed by atoms with van der Waals surface area (Å²) in [5, 5.41) is 14.4. The molecule has 0 aliphatic heterocycles. The smallest absolute Gasteiger partial charge is 0.235 e. The summed E-state index contributed by atoms with van der Waals surface area (Å²) in [5.74, 6) is 0.0666. The molecule has 1 aromatic heterocycles. The Bertz CT molecular complexity index is 947. The monoisotopic (exact) mass is 425 g/mol. The summed E-state index contributed by atoms with van der Waals surface area (Å²) in [6.07, 6.45) is 5.45.